The number of aromatic nitrogens is 2. The van der Waals surface area contributed by atoms with E-state index in [-0.39, 0.29) is 0 Å². The average molecular weight is 318 g/mol. The molecule has 0 radical (unpaired) electrons. The zero-order valence-corrected chi connectivity index (χ0v) is 12.4. The Kier molecular flexibility index (Phi) is 3.51. The van der Waals surface area contributed by atoms with E-state index in [1.54, 1.807) is 0 Å². The summed E-state index contributed by atoms with van der Waals surface area (Å²) in [6.45, 7) is 0. The third kappa shape index (κ3) is 2.78. The molecule has 4 heteroatoms. The van der Waals surface area contributed by atoms with Crippen LogP contribution in [0.5, 0.6) is 0 Å². The van der Waals surface area contributed by atoms with E-state index in [9.17, 15) is 0 Å². The molecule has 19 heavy (non-hydrogen) atoms. The Balaban J connectivity index is 2.05. The summed E-state index contributed by atoms with van der Waals surface area (Å²) in [7, 11) is 1.89. The van der Waals surface area contributed by atoms with Gasteiger partial charge < -0.3 is 5.32 Å². The largest absolute Gasteiger partial charge is 0.372 e. The van der Waals surface area contributed by atoms with Crippen LogP contribution in [0.4, 0.5) is 5.82 Å². The monoisotopic (exact) mass is 317 g/mol. The molecular formula is C15H16BrN3. The molecule has 1 aromatic carbocycles. The lowest BCUT2D eigenvalue weighted by Crippen LogP contribution is -2.04. The summed E-state index contributed by atoms with van der Waals surface area (Å²) >= 11 is 3.61. The van der Waals surface area contributed by atoms with Crippen LogP contribution in [0.15, 0.2) is 34.8 Å². The van der Waals surface area contributed by atoms with E-state index in [2.05, 4.69) is 38.4 Å². The van der Waals surface area contributed by atoms with E-state index in [1.165, 1.54) is 12.8 Å². The maximum atomic E-state index is 4.73. The smallest absolute Gasteiger partial charge is 0.144 e. The summed E-state index contributed by atoms with van der Waals surface area (Å²) in [4.78, 5) is 9.32. The number of nitrogens with one attached hydrogen (secondary N) is 1. The molecule has 1 fully saturated rings. The molecule has 1 saturated carbocycles. The first-order chi connectivity index (χ1) is 9.28. The van der Waals surface area contributed by atoms with Crippen molar-refractivity contribution in [1.82, 2.24) is 9.97 Å². The van der Waals surface area contributed by atoms with Crippen LogP contribution in [0.25, 0.3) is 11.3 Å². The number of benzene rings is 1. The second-order valence-electron chi connectivity index (χ2n) is 4.91. The van der Waals surface area contributed by atoms with E-state index < -0.39 is 0 Å². The van der Waals surface area contributed by atoms with Crippen LogP contribution in [-0.2, 0) is 6.42 Å². The average Bonchev–Trinajstić information content (AvgIpc) is 3.25. The Labute approximate surface area is 121 Å². The molecule has 0 amide bonds. The maximum absolute atomic E-state index is 4.73. The molecule has 0 bridgehead atoms. The van der Waals surface area contributed by atoms with Gasteiger partial charge in [0.25, 0.3) is 0 Å². The van der Waals surface area contributed by atoms with Gasteiger partial charge in [0.1, 0.15) is 11.6 Å². The molecule has 0 spiro atoms. The van der Waals surface area contributed by atoms with Crippen molar-refractivity contribution in [2.24, 2.45) is 5.92 Å². The van der Waals surface area contributed by atoms with Gasteiger partial charge >= 0.3 is 0 Å². The Morgan fingerprint density at radius 2 is 1.95 bits per heavy atom. The van der Waals surface area contributed by atoms with Gasteiger partial charge in [-0.15, -0.1) is 0 Å². The SMILES string of the molecule is CNc1nc(CC2CC2)nc(-c2ccccc2)c1Br. The third-order valence-corrected chi connectivity index (χ3v) is 4.10. The summed E-state index contributed by atoms with van der Waals surface area (Å²) in [6, 6.07) is 10.2. The van der Waals surface area contributed by atoms with Crippen molar-refractivity contribution in [2.75, 3.05) is 12.4 Å². The zero-order chi connectivity index (χ0) is 13.2. The van der Waals surface area contributed by atoms with Gasteiger partial charge in [-0.05, 0) is 34.7 Å². The van der Waals surface area contributed by atoms with E-state index in [0.29, 0.717) is 0 Å². The number of nitrogens with zero attached hydrogens (tertiary/aromatic N) is 2. The molecule has 2 aromatic rings. The van der Waals surface area contributed by atoms with Crippen LogP contribution in [0, 0.1) is 5.92 Å². The minimum atomic E-state index is 0.787. The Morgan fingerprint density at radius 1 is 1.21 bits per heavy atom. The first-order valence-corrected chi connectivity index (χ1v) is 7.37. The normalized spacial score (nSPS) is 14.4. The molecule has 1 aromatic heterocycles. The van der Waals surface area contributed by atoms with E-state index in [1.807, 2.05) is 25.2 Å². The van der Waals surface area contributed by atoms with Gasteiger partial charge in [-0.1, -0.05) is 30.3 Å². The number of rotatable bonds is 4. The number of hydrogen-bond acceptors (Lipinski definition) is 3. The fraction of sp³-hybridized carbons (Fsp3) is 0.333. The molecular weight excluding hydrogens is 302 g/mol. The summed E-state index contributed by atoms with van der Waals surface area (Å²) in [5, 5.41) is 3.14. The van der Waals surface area contributed by atoms with Gasteiger partial charge in [-0.25, -0.2) is 9.97 Å². The fourth-order valence-corrected chi connectivity index (χ4v) is 2.72. The predicted molar refractivity (Wildman–Crippen MR) is 81.1 cm³/mol. The van der Waals surface area contributed by atoms with Gasteiger partial charge in [0.05, 0.1) is 10.2 Å². The van der Waals surface area contributed by atoms with Gasteiger partial charge in [0, 0.05) is 19.0 Å². The van der Waals surface area contributed by atoms with Crippen molar-refractivity contribution < 1.29 is 0 Å². The molecule has 98 valence electrons. The lowest BCUT2D eigenvalue weighted by Gasteiger charge is -2.11. The van der Waals surface area contributed by atoms with Gasteiger partial charge in [-0.3, -0.25) is 0 Å². The van der Waals surface area contributed by atoms with Crippen molar-refractivity contribution in [3.05, 3.63) is 40.6 Å². The lowest BCUT2D eigenvalue weighted by molar-refractivity contribution is 0.771. The second-order valence-corrected chi connectivity index (χ2v) is 5.71. The van der Waals surface area contributed by atoms with Crippen LogP contribution in [0.1, 0.15) is 18.7 Å². The molecule has 3 rings (SSSR count). The van der Waals surface area contributed by atoms with Crippen LogP contribution < -0.4 is 5.32 Å². The topological polar surface area (TPSA) is 37.8 Å². The van der Waals surface area contributed by atoms with Gasteiger partial charge in [0.15, 0.2) is 0 Å². The van der Waals surface area contributed by atoms with Gasteiger partial charge in [0.2, 0.25) is 0 Å². The van der Waals surface area contributed by atoms with Crippen molar-refractivity contribution in [3.63, 3.8) is 0 Å². The lowest BCUT2D eigenvalue weighted by atomic mass is 10.1. The Bertz CT molecular complexity index is 579. The highest BCUT2D eigenvalue weighted by atomic mass is 79.9. The van der Waals surface area contributed by atoms with Crippen LogP contribution in [0.2, 0.25) is 0 Å². The number of hydrogen-bond donors (Lipinski definition) is 1. The molecule has 0 atom stereocenters. The number of anilines is 1. The number of halogens is 1. The first kappa shape index (κ1) is 12.6. The Hall–Kier alpha value is -1.42. The Morgan fingerprint density at radius 3 is 2.58 bits per heavy atom. The summed E-state index contributed by atoms with van der Waals surface area (Å²) < 4.78 is 0.931. The van der Waals surface area contributed by atoms with Crippen molar-refractivity contribution in [2.45, 2.75) is 19.3 Å². The van der Waals surface area contributed by atoms with Crippen LogP contribution in [-0.4, -0.2) is 17.0 Å². The minimum Gasteiger partial charge on any atom is -0.372 e. The molecule has 0 unspecified atom stereocenters. The van der Waals surface area contributed by atoms with Gasteiger partial charge in [-0.2, -0.15) is 0 Å². The second kappa shape index (κ2) is 5.29. The third-order valence-electron chi connectivity index (χ3n) is 3.35. The van der Waals surface area contributed by atoms with Crippen molar-refractivity contribution >= 4 is 21.7 Å². The highest BCUT2D eigenvalue weighted by Gasteiger charge is 2.24. The maximum Gasteiger partial charge on any atom is 0.144 e. The highest BCUT2D eigenvalue weighted by molar-refractivity contribution is 9.10. The molecule has 1 N–H and O–H groups in total. The first-order valence-electron chi connectivity index (χ1n) is 6.57. The van der Waals surface area contributed by atoms with Crippen molar-refractivity contribution in [3.8, 4) is 11.3 Å². The molecule has 3 nitrogen and oxygen atoms in total. The summed E-state index contributed by atoms with van der Waals surface area (Å²) in [6.07, 6.45) is 3.62. The molecule has 0 aliphatic heterocycles. The summed E-state index contributed by atoms with van der Waals surface area (Å²) in [5.74, 6) is 2.59. The van der Waals surface area contributed by atoms with E-state index in [4.69, 9.17) is 4.98 Å². The zero-order valence-electron chi connectivity index (χ0n) is 10.9. The fourth-order valence-electron chi connectivity index (χ4n) is 2.12. The van der Waals surface area contributed by atoms with E-state index in [0.717, 1.165) is 39.7 Å². The highest BCUT2D eigenvalue weighted by Crippen LogP contribution is 2.35. The van der Waals surface area contributed by atoms with E-state index >= 15 is 0 Å². The van der Waals surface area contributed by atoms with Crippen molar-refractivity contribution in [1.29, 1.82) is 0 Å². The minimum absolute atomic E-state index is 0.787. The molecule has 1 heterocycles. The van der Waals surface area contributed by atoms with Crippen LogP contribution in [0.3, 0.4) is 0 Å². The predicted octanol–water partition coefficient (Wildman–Crippen LogP) is 3.90. The molecule has 1 aliphatic rings. The standard InChI is InChI=1S/C15H16BrN3/c1-17-15-13(16)14(11-5-3-2-4-6-11)18-12(19-15)9-10-7-8-10/h2-6,10H,7-9H2,1H3,(H,17,18,19). The quantitative estimate of drug-likeness (QED) is 0.929. The molecule has 0 saturated heterocycles. The molecule has 1 aliphatic carbocycles. The summed E-state index contributed by atoms with van der Waals surface area (Å²) in [5.41, 5.74) is 2.08. The van der Waals surface area contributed by atoms with Crippen LogP contribution >= 0.6 is 15.9 Å².